The summed E-state index contributed by atoms with van der Waals surface area (Å²) in [4.78, 5) is 24.3. The van der Waals surface area contributed by atoms with Crippen LogP contribution in [0.1, 0.15) is 25.3 Å². The minimum Gasteiger partial charge on any atom is -0.310 e. The topological polar surface area (TPSA) is 43.5 Å². The van der Waals surface area contributed by atoms with Gasteiger partial charge >= 0.3 is 0 Å². The molecular weight excluding hydrogens is 252 g/mol. The molecule has 1 aromatic carbocycles. The summed E-state index contributed by atoms with van der Waals surface area (Å²) in [5.74, 6) is 0.251. The van der Waals surface area contributed by atoms with Gasteiger partial charge in [-0.15, -0.1) is 0 Å². The molecule has 1 atom stereocenters. The highest BCUT2D eigenvalue weighted by Crippen LogP contribution is 2.29. The van der Waals surface area contributed by atoms with Crippen LogP contribution in [0.15, 0.2) is 47.4 Å². The van der Waals surface area contributed by atoms with Gasteiger partial charge in [-0.3, -0.25) is 9.59 Å². The van der Waals surface area contributed by atoms with Gasteiger partial charge in [0.15, 0.2) is 0 Å². The number of nitrogens with zero attached hydrogens (tertiary/aromatic N) is 2. The first-order chi connectivity index (χ1) is 9.75. The number of carbonyl (C=O) groups is 1. The number of hydrogen-bond donors (Lipinski definition) is 0. The van der Waals surface area contributed by atoms with Crippen LogP contribution in [0.5, 0.6) is 0 Å². The van der Waals surface area contributed by atoms with Gasteiger partial charge in [0, 0.05) is 25.1 Å². The molecule has 4 rings (SSSR count). The van der Waals surface area contributed by atoms with Gasteiger partial charge in [0.05, 0.1) is 11.0 Å². The average molecular weight is 266 g/mol. The van der Waals surface area contributed by atoms with Crippen LogP contribution in [0.3, 0.4) is 0 Å². The van der Waals surface area contributed by atoms with Gasteiger partial charge in [0.1, 0.15) is 11.3 Å². The highest BCUT2D eigenvalue weighted by molar-refractivity contribution is 5.83. The molecule has 100 valence electrons. The fourth-order valence-corrected chi connectivity index (χ4v) is 3.25. The van der Waals surface area contributed by atoms with Crippen molar-refractivity contribution in [3.63, 3.8) is 0 Å². The number of fused-ring (bicyclic) bond motifs is 3. The molecule has 1 unspecified atom stereocenters. The molecule has 0 bridgehead atoms. The number of benzene rings is 1. The van der Waals surface area contributed by atoms with Crippen molar-refractivity contribution in [3.8, 4) is 0 Å². The Morgan fingerprint density at radius 3 is 2.45 bits per heavy atom. The third-order valence-electron chi connectivity index (χ3n) is 4.17. The van der Waals surface area contributed by atoms with Crippen LogP contribution in [0.2, 0.25) is 0 Å². The van der Waals surface area contributed by atoms with E-state index in [1.54, 1.807) is 0 Å². The predicted molar refractivity (Wildman–Crippen MR) is 77.1 cm³/mol. The Morgan fingerprint density at radius 1 is 0.950 bits per heavy atom. The zero-order valence-corrected chi connectivity index (χ0v) is 11.0. The molecule has 1 aliphatic carbocycles. The number of carbonyl (C=O) groups excluding carboxylic acids is 1. The molecule has 1 saturated carbocycles. The van der Waals surface area contributed by atoms with Crippen molar-refractivity contribution >= 4 is 22.3 Å². The highest BCUT2D eigenvalue weighted by atomic mass is 16.1. The number of Topliss-reactive ketones (excluding diaryl/α,β-unsaturated/α-hetero) is 1. The van der Waals surface area contributed by atoms with Crippen molar-refractivity contribution in [2.75, 3.05) is 0 Å². The van der Waals surface area contributed by atoms with Crippen LogP contribution in [-0.4, -0.2) is 14.8 Å². The van der Waals surface area contributed by atoms with E-state index in [0.717, 1.165) is 17.5 Å². The molecule has 2 heterocycles. The largest absolute Gasteiger partial charge is 0.310 e. The maximum Gasteiger partial charge on any atom is 0.275 e. The maximum absolute atomic E-state index is 12.7. The van der Waals surface area contributed by atoms with Gasteiger partial charge in [-0.05, 0) is 30.7 Å². The molecule has 4 nitrogen and oxygen atoms in total. The first-order valence-corrected chi connectivity index (χ1v) is 6.88. The lowest BCUT2D eigenvalue weighted by Crippen LogP contribution is -2.25. The first-order valence-electron chi connectivity index (χ1n) is 6.88. The summed E-state index contributed by atoms with van der Waals surface area (Å²) < 4.78 is 3.74. The van der Waals surface area contributed by atoms with Crippen molar-refractivity contribution < 1.29 is 4.79 Å². The number of aromatic nitrogens is 2. The van der Waals surface area contributed by atoms with Gasteiger partial charge in [-0.25, -0.2) is 0 Å². The second-order valence-electron chi connectivity index (χ2n) is 5.36. The van der Waals surface area contributed by atoms with E-state index >= 15 is 0 Å². The van der Waals surface area contributed by atoms with Gasteiger partial charge in [-0.1, -0.05) is 12.1 Å². The Morgan fingerprint density at radius 2 is 1.70 bits per heavy atom. The smallest absolute Gasteiger partial charge is 0.275 e. The zero-order valence-electron chi connectivity index (χ0n) is 11.0. The number of para-hydroxylation sites is 2. The second-order valence-corrected chi connectivity index (χ2v) is 5.36. The quantitative estimate of drug-likeness (QED) is 0.679. The van der Waals surface area contributed by atoms with Crippen molar-refractivity contribution in [1.82, 2.24) is 8.97 Å². The molecule has 20 heavy (non-hydrogen) atoms. The van der Waals surface area contributed by atoms with E-state index in [-0.39, 0.29) is 17.4 Å². The Hall–Kier alpha value is -2.36. The van der Waals surface area contributed by atoms with E-state index in [2.05, 4.69) is 0 Å². The van der Waals surface area contributed by atoms with Crippen LogP contribution < -0.4 is 5.56 Å². The summed E-state index contributed by atoms with van der Waals surface area (Å²) in [5, 5.41) is 0. The highest BCUT2D eigenvalue weighted by Gasteiger charge is 2.26. The van der Waals surface area contributed by atoms with Gasteiger partial charge in [0.2, 0.25) is 0 Å². The SMILES string of the molecule is O=C1CCC(n2c(=O)c3cccn3c3ccccc32)C1. The van der Waals surface area contributed by atoms with Crippen molar-refractivity contribution in [3.05, 3.63) is 52.9 Å². The predicted octanol–water partition coefficient (Wildman–Crippen LogP) is 2.55. The van der Waals surface area contributed by atoms with Crippen LogP contribution in [0.25, 0.3) is 16.6 Å². The minimum absolute atomic E-state index is 0.000185. The molecular formula is C16H14N2O2. The molecule has 0 spiro atoms. The maximum atomic E-state index is 12.7. The van der Waals surface area contributed by atoms with Crippen LogP contribution in [0, 0.1) is 0 Å². The van der Waals surface area contributed by atoms with Crippen LogP contribution >= 0.6 is 0 Å². The number of rotatable bonds is 1. The molecule has 2 aromatic heterocycles. The van der Waals surface area contributed by atoms with E-state index in [1.807, 2.05) is 51.6 Å². The van der Waals surface area contributed by atoms with Crippen molar-refractivity contribution in [1.29, 1.82) is 0 Å². The average Bonchev–Trinajstić information content (AvgIpc) is 3.08. The Balaban J connectivity index is 2.13. The summed E-state index contributed by atoms with van der Waals surface area (Å²) in [5.41, 5.74) is 2.57. The van der Waals surface area contributed by atoms with E-state index in [4.69, 9.17) is 0 Å². The molecule has 3 aromatic rings. The lowest BCUT2D eigenvalue weighted by molar-refractivity contribution is -0.117. The second kappa shape index (κ2) is 4.07. The molecule has 0 saturated heterocycles. The molecule has 0 N–H and O–H groups in total. The Bertz CT molecular complexity index is 888. The van der Waals surface area contributed by atoms with E-state index in [0.29, 0.717) is 18.4 Å². The minimum atomic E-state index is -0.00611. The van der Waals surface area contributed by atoms with E-state index < -0.39 is 0 Å². The summed E-state index contributed by atoms with van der Waals surface area (Å²) in [6.45, 7) is 0. The summed E-state index contributed by atoms with van der Waals surface area (Å²) >= 11 is 0. The molecule has 1 aliphatic rings. The van der Waals surface area contributed by atoms with Crippen molar-refractivity contribution in [2.45, 2.75) is 25.3 Å². The molecule has 4 heteroatoms. The number of hydrogen-bond acceptors (Lipinski definition) is 2. The third-order valence-corrected chi connectivity index (χ3v) is 4.17. The van der Waals surface area contributed by atoms with Gasteiger partial charge in [-0.2, -0.15) is 0 Å². The zero-order chi connectivity index (χ0) is 13.7. The van der Waals surface area contributed by atoms with Gasteiger partial charge in [0.25, 0.3) is 5.56 Å². The molecule has 0 aliphatic heterocycles. The monoisotopic (exact) mass is 266 g/mol. The van der Waals surface area contributed by atoms with Crippen LogP contribution in [0.4, 0.5) is 0 Å². The fraction of sp³-hybridized carbons (Fsp3) is 0.250. The van der Waals surface area contributed by atoms with Crippen LogP contribution in [-0.2, 0) is 4.79 Å². The summed E-state index contributed by atoms with van der Waals surface area (Å²) in [6.07, 6.45) is 3.72. The van der Waals surface area contributed by atoms with E-state index in [1.165, 1.54) is 0 Å². The third kappa shape index (κ3) is 1.48. The normalized spacial score (nSPS) is 19.2. The summed E-state index contributed by atoms with van der Waals surface area (Å²) in [7, 11) is 0. The lowest BCUT2D eigenvalue weighted by Gasteiger charge is -2.17. The Kier molecular flexibility index (Phi) is 2.33. The van der Waals surface area contributed by atoms with Crippen molar-refractivity contribution in [2.24, 2.45) is 0 Å². The molecule has 0 amide bonds. The number of ketones is 1. The molecule has 1 fully saturated rings. The van der Waals surface area contributed by atoms with E-state index in [9.17, 15) is 9.59 Å². The standard InChI is InChI=1S/C16H14N2O2/c19-12-8-7-11(10-12)18-14-5-2-1-4-13(14)17-9-3-6-15(17)16(18)20/h1-6,9,11H,7-8,10H2. The Labute approximate surface area is 115 Å². The van der Waals surface area contributed by atoms with Gasteiger partial charge < -0.3 is 8.97 Å². The fourth-order valence-electron chi connectivity index (χ4n) is 3.25. The summed E-state index contributed by atoms with van der Waals surface area (Å²) in [6, 6.07) is 11.6. The molecule has 0 radical (unpaired) electrons. The first kappa shape index (κ1) is 11.5. The lowest BCUT2D eigenvalue weighted by atomic mass is 10.2.